The van der Waals surface area contributed by atoms with Crippen LogP contribution in [-0.2, 0) is 9.53 Å². The Labute approximate surface area is 123 Å². The molecule has 2 rings (SSSR count). The van der Waals surface area contributed by atoms with Gasteiger partial charge in [0.1, 0.15) is 6.04 Å². The maximum absolute atomic E-state index is 11.6. The monoisotopic (exact) mass is 282 g/mol. The fraction of sp³-hybridized carbons (Fsp3) is 0.938. The Bertz CT molecular complexity index is 279. The summed E-state index contributed by atoms with van der Waals surface area (Å²) in [6.45, 7) is 0.669. The number of ether oxygens (including phenoxy) is 1. The van der Waals surface area contributed by atoms with Crippen molar-refractivity contribution in [2.24, 2.45) is 5.73 Å². The third kappa shape index (κ3) is 4.19. The molecule has 2 aliphatic rings. The maximum Gasteiger partial charge on any atom is 0.323 e. The van der Waals surface area contributed by atoms with Crippen LogP contribution in [0.3, 0.4) is 0 Å². The van der Waals surface area contributed by atoms with Crippen LogP contribution < -0.4 is 5.73 Å². The van der Waals surface area contributed by atoms with Gasteiger partial charge in [0.15, 0.2) is 0 Å². The second kappa shape index (κ2) is 7.99. The zero-order chi connectivity index (χ0) is 14.4. The highest BCUT2D eigenvalue weighted by atomic mass is 16.5. The van der Waals surface area contributed by atoms with Crippen molar-refractivity contribution >= 4 is 5.97 Å². The van der Waals surface area contributed by atoms with Gasteiger partial charge in [0.25, 0.3) is 0 Å². The molecule has 116 valence electrons. The van der Waals surface area contributed by atoms with Crippen molar-refractivity contribution in [2.75, 3.05) is 13.7 Å². The first kappa shape index (κ1) is 15.8. The van der Waals surface area contributed by atoms with E-state index in [1.165, 1.54) is 71.3 Å². The van der Waals surface area contributed by atoms with Gasteiger partial charge in [-0.15, -0.1) is 0 Å². The molecule has 4 heteroatoms. The number of carbonyl (C=O) groups is 1. The Morgan fingerprint density at radius 2 is 1.50 bits per heavy atom. The first-order chi connectivity index (χ1) is 9.72. The number of hydrogen-bond acceptors (Lipinski definition) is 4. The van der Waals surface area contributed by atoms with Gasteiger partial charge in [-0.25, -0.2) is 0 Å². The lowest BCUT2D eigenvalue weighted by atomic mass is 9.88. The van der Waals surface area contributed by atoms with Crippen molar-refractivity contribution in [3.8, 4) is 0 Å². The van der Waals surface area contributed by atoms with Gasteiger partial charge in [-0.2, -0.15) is 0 Å². The van der Waals surface area contributed by atoms with E-state index in [1.54, 1.807) is 0 Å². The number of esters is 1. The van der Waals surface area contributed by atoms with Crippen LogP contribution in [0, 0.1) is 0 Å². The van der Waals surface area contributed by atoms with Crippen LogP contribution in [0.2, 0.25) is 0 Å². The van der Waals surface area contributed by atoms with Crippen molar-refractivity contribution in [3.63, 3.8) is 0 Å². The third-order valence-electron chi connectivity index (χ3n) is 5.00. The summed E-state index contributed by atoms with van der Waals surface area (Å²) >= 11 is 0. The van der Waals surface area contributed by atoms with Crippen LogP contribution in [0.4, 0.5) is 0 Å². The molecular weight excluding hydrogens is 252 g/mol. The van der Waals surface area contributed by atoms with Crippen molar-refractivity contribution in [3.05, 3.63) is 0 Å². The zero-order valence-corrected chi connectivity index (χ0v) is 12.9. The predicted molar refractivity (Wildman–Crippen MR) is 80.4 cm³/mol. The molecule has 0 aromatic carbocycles. The van der Waals surface area contributed by atoms with Crippen LogP contribution in [0.5, 0.6) is 0 Å². The average molecular weight is 282 g/mol. The van der Waals surface area contributed by atoms with Gasteiger partial charge in [0, 0.05) is 18.6 Å². The molecule has 0 radical (unpaired) electrons. The minimum absolute atomic E-state index is 0.276. The van der Waals surface area contributed by atoms with Crippen LogP contribution in [0.15, 0.2) is 0 Å². The van der Waals surface area contributed by atoms with E-state index in [0.717, 1.165) is 0 Å². The van der Waals surface area contributed by atoms with Gasteiger partial charge >= 0.3 is 5.97 Å². The van der Waals surface area contributed by atoms with Gasteiger partial charge in [0.05, 0.1) is 7.11 Å². The summed E-state index contributed by atoms with van der Waals surface area (Å²) in [6, 6.07) is 0.758. The van der Waals surface area contributed by atoms with E-state index < -0.39 is 6.04 Å². The molecule has 0 spiro atoms. The van der Waals surface area contributed by atoms with Crippen LogP contribution in [0.1, 0.15) is 64.2 Å². The van der Waals surface area contributed by atoms with Crippen molar-refractivity contribution < 1.29 is 9.53 Å². The fourth-order valence-corrected chi connectivity index (χ4v) is 3.87. The number of methoxy groups -OCH3 is 1. The first-order valence-electron chi connectivity index (χ1n) is 8.31. The Morgan fingerprint density at radius 3 is 1.90 bits per heavy atom. The van der Waals surface area contributed by atoms with E-state index in [-0.39, 0.29) is 5.97 Å². The summed E-state index contributed by atoms with van der Waals surface area (Å²) in [5, 5.41) is 0. The molecule has 1 atom stereocenters. The van der Waals surface area contributed by atoms with Crippen molar-refractivity contribution in [1.82, 2.24) is 4.90 Å². The summed E-state index contributed by atoms with van der Waals surface area (Å²) in [4.78, 5) is 14.2. The largest absolute Gasteiger partial charge is 0.468 e. The van der Waals surface area contributed by atoms with Gasteiger partial charge in [-0.1, -0.05) is 38.5 Å². The molecule has 0 heterocycles. The third-order valence-corrected chi connectivity index (χ3v) is 5.00. The minimum Gasteiger partial charge on any atom is -0.468 e. The minimum atomic E-state index is -0.496. The predicted octanol–water partition coefficient (Wildman–Crippen LogP) is 2.45. The van der Waals surface area contributed by atoms with Gasteiger partial charge in [-0.05, 0) is 25.7 Å². The summed E-state index contributed by atoms with van der Waals surface area (Å²) in [7, 11) is 1.42. The number of nitrogens with two attached hydrogens (primary N) is 1. The normalized spacial score (nSPS) is 23.8. The molecule has 0 aliphatic heterocycles. The molecule has 0 amide bonds. The first-order valence-corrected chi connectivity index (χ1v) is 8.31. The van der Waals surface area contributed by atoms with Crippen molar-refractivity contribution in [2.45, 2.75) is 82.3 Å². The van der Waals surface area contributed by atoms with E-state index in [2.05, 4.69) is 4.90 Å². The van der Waals surface area contributed by atoms with Crippen LogP contribution >= 0.6 is 0 Å². The number of hydrogen-bond donors (Lipinski definition) is 1. The number of carbonyl (C=O) groups excluding carboxylic acids is 1. The highest BCUT2D eigenvalue weighted by molar-refractivity contribution is 5.75. The fourth-order valence-electron chi connectivity index (χ4n) is 3.87. The van der Waals surface area contributed by atoms with E-state index >= 15 is 0 Å². The topological polar surface area (TPSA) is 55.6 Å². The summed E-state index contributed by atoms with van der Waals surface area (Å²) in [6.07, 6.45) is 13.1. The average Bonchev–Trinajstić information content (AvgIpc) is 2.53. The summed E-state index contributed by atoms with van der Waals surface area (Å²) in [5.74, 6) is -0.276. The number of nitrogens with zero attached hydrogens (tertiary/aromatic N) is 1. The highest BCUT2D eigenvalue weighted by Gasteiger charge is 2.31. The van der Waals surface area contributed by atoms with Gasteiger partial charge < -0.3 is 10.5 Å². The molecule has 4 nitrogen and oxygen atoms in total. The summed E-state index contributed by atoms with van der Waals surface area (Å²) < 4.78 is 4.80. The second-order valence-electron chi connectivity index (χ2n) is 6.41. The van der Waals surface area contributed by atoms with E-state index in [1.807, 2.05) is 0 Å². The van der Waals surface area contributed by atoms with Crippen LogP contribution in [-0.4, -0.2) is 42.6 Å². The molecule has 0 aromatic rings. The lowest BCUT2D eigenvalue weighted by Gasteiger charge is -2.42. The van der Waals surface area contributed by atoms with E-state index in [0.29, 0.717) is 18.6 Å². The molecule has 20 heavy (non-hydrogen) atoms. The molecule has 0 saturated heterocycles. The molecule has 0 aromatic heterocycles. The lowest BCUT2D eigenvalue weighted by Crippen LogP contribution is -2.52. The molecule has 1 unspecified atom stereocenters. The molecule has 0 bridgehead atoms. The Balaban J connectivity index is 1.99. The second-order valence-corrected chi connectivity index (χ2v) is 6.41. The maximum atomic E-state index is 11.6. The molecule has 2 aliphatic carbocycles. The number of rotatable bonds is 5. The Morgan fingerprint density at radius 1 is 1.05 bits per heavy atom. The van der Waals surface area contributed by atoms with Gasteiger partial charge in [-0.3, -0.25) is 9.69 Å². The summed E-state index contributed by atoms with van der Waals surface area (Å²) in [5.41, 5.74) is 6.03. The molecule has 2 fully saturated rings. The standard InChI is InChI=1S/C16H30N2O2/c1-20-16(19)15(17)12-18(13-8-4-2-5-9-13)14-10-6-3-7-11-14/h13-15H,2-12,17H2,1H3. The SMILES string of the molecule is COC(=O)C(N)CN(C1CCCCC1)C1CCCCC1. The smallest absolute Gasteiger partial charge is 0.323 e. The Hall–Kier alpha value is -0.610. The highest BCUT2D eigenvalue weighted by Crippen LogP contribution is 2.30. The van der Waals surface area contributed by atoms with E-state index in [9.17, 15) is 4.79 Å². The molecular formula is C16H30N2O2. The lowest BCUT2D eigenvalue weighted by molar-refractivity contribution is -0.143. The van der Waals surface area contributed by atoms with Crippen molar-refractivity contribution in [1.29, 1.82) is 0 Å². The zero-order valence-electron chi connectivity index (χ0n) is 12.9. The Kier molecular flexibility index (Phi) is 6.30. The molecule has 2 N–H and O–H groups in total. The van der Waals surface area contributed by atoms with Crippen LogP contribution in [0.25, 0.3) is 0 Å². The molecule has 2 saturated carbocycles. The quantitative estimate of drug-likeness (QED) is 0.787. The van der Waals surface area contributed by atoms with Gasteiger partial charge in [0.2, 0.25) is 0 Å². The van der Waals surface area contributed by atoms with E-state index in [4.69, 9.17) is 10.5 Å².